The number of aromatic nitrogens is 1. The van der Waals surface area contributed by atoms with E-state index in [2.05, 4.69) is 26.2 Å². The minimum absolute atomic E-state index is 0.00807. The third kappa shape index (κ3) is 3.96. The molecule has 0 aliphatic rings. The molecule has 128 valence electrons. The van der Waals surface area contributed by atoms with E-state index in [1.54, 1.807) is 6.92 Å². The first-order valence-electron chi connectivity index (χ1n) is 8.13. The average Bonchev–Trinajstić information content (AvgIpc) is 2.84. The zero-order valence-corrected chi connectivity index (χ0v) is 16.1. The highest BCUT2D eigenvalue weighted by Gasteiger charge is 2.23. The maximum atomic E-state index is 12.7. The normalized spacial score (nSPS) is 12.0. The smallest absolute Gasteiger partial charge is 0.268 e. The van der Waals surface area contributed by atoms with Gasteiger partial charge in [0.1, 0.15) is 5.69 Å². The maximum absolute atomic E-state index is 12.7. The molecule has 1 heterocycles. The molecule has 1 aromatic carbocycles. The number of amides is 1. The maximum Gasteiger partial charge on any atom is 0.268 e. The van der Waals surface area contributed by atoms with E-state index in [0.29, 0.717) is 17.7 Å². The lowest BCUT2D eigenvalue weighted by molar-refractivity contribution is 0.0934. The number of nitrogens with one attached hydrogen (secondary N) is 2. The van der Waals surface area contributed by atoms with Gasteiger partial charge >= 0.3 is 0 Å². The van der Waals surface area contributed by atoms with Crippen LogP contribution in [0.25, 0.3) is 0 Å². The summed E-state index contributed by atoms with van der Waals surface area (Å²) >= 11 is 3.45. The highest BCUT2D eigenvalue weighted by Crippen LogP contribution is 2.23. The number of carbonyl (C=O) groups excluding carboxylic acids is 2. The van der Waals surface area contributed by atoms with Crippen molar-refractivity contribution in [3.8, 4) is 0 Å². The molecule has 0 bridgehead atoms. The Morgan fingerprint density at radius 3 is 2.62 bits per heavy atom. The molecule has 2 N–H and O–H groups in total. The zero-order chi connectivity index (χ0) is 17.9. The Labute approximate surface area is 151 Å². The van der Waals surface area contributed by atoms with Gasteiger partial charge in [0.15, 0.2) is 5.78 Å². The van der Waals surface area contributed by atoms with Crippen molar-refractivity contribution in [3.05, 3.63) is 56.8 Å². The number of benzene rings is 1. The summed E-state index contributed by atoms with van der Waals surface area (Å²) in [5.74, 6) is -0.187. The van der Waals surface area contributed by atoms with E-state index in [1.165, 1.54) is 0 Å². The monoisotopic (exact) mass is 390 g/mol. The molecule has 0 spiro atoms. The van der Waals surface area contributed by atoms with Crippen LogP contribution in [0, 0.1) is 6.92 Å². The van der Waals surface area contributed by atoms with Gasteiger partial charge in [0.2, 0.25) is 0 Å². The topological polar surface area (TPSA) is 62.0 Å². The first-order chi connectivity index (χ1) is 11.3. The van der Waals surface area contributed by atoms with E-state index in [0.717, 1.165) is 27.7 Å². The summed E-state index contributed by atoms with van der Waals surface area (Å²) in [5.41, 5.74) is 3.75. The van der Waals surface area contributed by atoms with Crippen LogP contribution in [0.5, 0.6) is 0 Å². The van der Waals surface area contributed by atoms with Gasteiger partial charge in [0.25, 0.3) is 5.91 Å². The molecular formula is C19H23BrN2O2. The first kappa shape index (κ1) is 18.5. The van der Waals surface area contributed by atoms with Crippen LogP contribution in [0.4, 0.5) is 0 Å². The molecule has 0 radical (unpaired) electrons. The summed E-state index contributed by atoms with van der Waals surface area (Å²) in [7, 11) is 0. The number of halogens is 1. The molecule has 1 atom stereocenters. The van der Waals surface area contributed by atoms with Gasteiger partial charge in [0, 0.05) is 15.7 Å². The Balaban J connectivity index is 2.29. The summed E-state index contributed by atoms with van der Waals surface area (Å²) < 4.78 is 0.974. The number of hydrogen-bond donors (Lipinski definition) is 2. The van der Waals surface area contributed by atoms with Crippen LogP contribution in [-0.4, -0.2) is 16.7 Å². The Hall–Kier alpha value is -1.88. The Bertz CT molecular complexity index is 765. The van der Waals surface area contributed by atoms with Crippen LogP contribution in [0.2, 0.25) is 0 Å². The second-order valence-corrected chi connectivity index (χ2v) is 6.95. The number of aryl methyl sites for hydroxylation is 1. The molecule has 2 aromatic rings. The van der Waals surface area contributed by atoms with Crippen molar-refractivity contribution in [1.82, 2.24) is 10.3 Å². The predicted octanol–water partition coefficient (Wildman–Crippen LogP) is 4.73. The molecule has 1 aromatic heterocycles. The van der Waals surface area contributed by atoms with Crippen molar-refractivity contribution in [3.63, 3.8) is 0 Å². The third-order valence-corrected chi connectivity index (χ3v) is 4.56. The summed E-state index contributed by atoms with van der Waals surface area (Å²) in [6.45, 7) is 7.37. The van der Waals surface area contributed by atoms with Crippen molar-refractivity contribution in [2.45, 2.75) is 46.6 Å². The molecule has 1 amide bonds. The van der Waals surface area contributed by atoms with Gasteiger partial charge in [-0.05, 0) is 50.5 Å². The molecule has 0 aliphatic carbocycles. The number of ketones is 1. The van der Waals surface area contributed by atoms with E-state index >= 15 is 0 Å². The minimum atomic E-state index is -0.179. The number of aromatic amines is 1. The highest BCUT2D eigenvalue weighted by atomic mass is 79.9. The lowest BCUT2D eigenvalue weighted by Gasteiger charge is -2.15. The number of rotatable bonds is 6. The Morgan fingerprint density at radius 2 is 2.04 bits per heavy atom. The number of carbonyl (C=O) groups is 2. The third-order valence-electron chi connectivity index (χ3n) is 4.07. The molecule has 5 heteroatoms. The summed E-state index contributed by atoms with van der Waals surface area (Å²) in [6.07, 6.45) is 1.58. The van der Waals surface area contributed by atoms with Crippen LogP contribution >= 0.6 is 15.9 Å². The second-order valence-electron chi connectivity index (χ2n) is 6.03. The Kier molecular flexibility index (Phi) is 5.99. The zero-order valence-electron chi connectivity index (χ0n) is 14.5. The van der Waals surface area contributed by atoms with Crippen molar-refractivity contribution in [2.24, 2.45) is 0 Å². The van der Waals surface area contributed by atoms with Crippen molar-refractivity contribution >= 4 is 27.6 Å². The van der Waals surface area contributed by atoms with Crippen LogP contribution in [0.15, 0.2) is 28.7 Å². The standard InChI is InChI=1S/C19H23BrN2O2/c1-5-7-16-17(13(4)23)12(3)21-18(16)19(24)22-11(2)14-8-6-9-15(20)10-14/h6,8-11,21H,5,7H2,1-4H3,(H,22,24). The molecule has 24 heavy (non-hydrogen) atoms. The predicted molar refractivity (Wildman–Crippen MR) is 99.6 cm³/mol. The number of hydrogen-bond acceptors (Lipinski definition) is 2. The van der Waals surface area contributed by atoms with E-state index in [-0.39, 0.29) is 17.7 Å². The van der Waals surface area contributed by atoms with Crippen molar-refractivity contribution < 1.29 is 9.59 Å². The molecule has 0 aliphatic heterocycles. The van der Waals surface area contributed by atoms with Gasteiger partial charge < -0.3 is 10.3 Å². The van der Waals surface area contributed by atoms with E-state index in [9.17, 15) is 9.59 Å². The van der Waals surface area contributed by atoms with Gasteiger partial charge in [-0.3, -0.25) is 9.59 Å². The minimum Gasteiger partial charge on any atom is -0.354 e. The SMILES string of the molecule is CCCc1c(C(=O)NC(C)c2cccc(Br)c2)[nH]c(C)c1C(C)=O. The van der Waals surface area contributed by atoms with E-state index in [4.69, 9.17) is 0 Å². The van der Waals surface area contributed by atoms with Gasteiger partial charge in [-0.15, -0.1) is 0 Å². The Morgan fingerprint density at radius 1 is 1.33 bits per heavy atom. The summed E-state index contributed by atoms with van der Waals surface area (Å²) in [5, 5.41) is 3.02. The van der Waals surface area contributed by atoms with Crippen molar-refractivity contribution in [1.29, 1.82) is 0 Å². The number of Topliss-reactive ketones (excluding diaryl/α,β-unsaturated/α-hetero) is 1. The lowest BCUT2D eigenvalue weighted by atomic mass is 10.0. The van der Waals surface area contributed by atoms with E-state index < -0.39 is 0 Å². The molecule has 0 fully saturated rings. The molecular weight excluding hydrogens is 368 g/mol. The van der Waals surface area contributed by atoms with E-state index in [1.807, 2.05) is 45.0 Å². The first-order valence-corrected chi connectivity index (χ1v) is 8.93. The van der Waals surface area contributed by atoms with Gasteiger partial charge in [-0.2, -0.15) is 0 Å². The fraction of sp³-hybridized carbons (Fsp3) is 0.368. The van der Waals surface area contributed by atoms with Gasteiger partial charge in [0.05, 0.1) is 6.04 Å². The van der Waals surface area contributed by atoms with Crippen LogP contribution in [-0.2, 0) is 6.42 Å². The highest BCUT2D eigenvalue weighted by molar-refractivity contribution is 9.10. The summed E-state index contributed by atoms with van der Waals surface area (Å²) in [4.78, 5) is 27.8. The quantitative estimate of drug-likeness (QED) is 0.700. The van der Waals surface area contributed by atoms with Crippen LogP contribution in [0.3, 0.4) is 0 Å². The van der Waals surface area contributed by atoms with Gasteiger partial charge in [-0.1, -0.05) is 41.4 Å². The van der Waals surface area contributed by atoms with Crippen LogP contribution < -0.4 is 5.32 Å². The molecule has 4 nitrogen and oxygen atoms in total. The largest absolute Gasteiger partial charge is 0.354 e. The average molecular weight is 391 g/mol. The van der Waals surface area contributed by atoms with Gasteiger partial charge in [-0.25, -0.2) is 0 Å². The van der Waals surface area contributed by atoms with Crippen LogP contribution in [0.1, 0.15) is 70.9 Å². The molecule has 0 saturated carbocycles. The molecule has 2 rings (SSSR count). The summed E-state index contributed by atoms with van der Waals surface area (Å²) in [6, 6.07) is 7.72. The second kappa shape index (κ2) is 7.79. The molecule has 0 saturated heterocycles. The number of H-pyrrole nitrogens is 1. The fourth-order valence-electron chi connectivity index (χ4n) is 2.98. The fourth-order valence-corrected chi connectivity index (χ4v) is 3.39. The lowest BCUT2D eigenvalue weighted by Crippen LogP contribution is -2.28. The van der Waals surface area contributed by atoms with Crippen molar-refractivity contribution in [2.75, 3.05) is 0 Å². The molecule has 1 unspecified atom stereocenters.